The summed E-state index contributed by atoms with van der Waals surface area (Å²) in [6.45, 7) is 9.37. The number of nitrogens with one attached hydrogen (secondary N) is 1. The lowest BCUT2D eigenvalue weighted by atomic mass is 10.1. The van der Waals surface area contributed by atoms with Gasteiger partial charge in [0.25, 0.3) is 0 Å². The highest BCUT2D eigenvalue weighted by Crippen LogP contribution is 2.25. The maximum Gasteiger partial charge on any atom is 0.194 e. The summed E-state index contributed by atoms with van der Waals surface area (Å²) in [6, 6.07) is 0.576. The van der Waals surface area contributed by atoms with Crippen LogP contribution in [0.4, 0.5) is 0 Å². The van der Waals surface area contributed by atoms with Gasteiger partial charge in [0, 0.05) is 37.2 Å². The molecule has 1 unspecified atom stereocenters. The lowest BCUT2D eigenvalue weighted by molar-refractivity contribution is 0.373. The van der Waals surface area contributed by atoms with Gasteiger partial charge in [-0.2, -0.15) is 11.8 Å². The largest absolute Gasteiger partial charge is 0.353 e. The number of hydrogen-bond acceptors (Lipinski definition) is 4. The predicted molar refractivity (Wildman–Crippen MR) is 105 cm³/mol. The standard InChI is InChI=1S/C18H32N6S/c1-13(2)16-12-24(9-10-25-16)18(20-15-7-5-6-8-15)19-11-17-22-21-14(3)23(17)4/h13,15-16H,5-12H2,1-4H3,(H,19,20). The van der Waals surface area contributed by atoms with Crippen molar-refractivity contribution in [3.05, 3.63) is 11.6 Å². The molecule has 2 fully saturated rings. The molecule has 0 aromatic carbocycles. The van der Waals surface area contributed by atoms with Crippen LogP contribution in [0.2, 0.25) is 0 Å². The lowest BCUT2D eigenvalue weighted by Crippen LogP contribution is -2.51. The average Bonchev–Trinajstić information content (AvgIpc) is 3.23. The summed E-state index contributed by atoms with van der Waals surface area (Å²) in [7, 11) is 2.01. The van der Waals surface area contributed by atoms with E-state index in [0.717, 1.165) is 30.7 Å². The molecule has 0 radical (unpaired) electrons. The highest BCUT2D eigenvalue weighted by molar-refractivity contribution is 8.00. The molecule has 0 spiro atoms. The maximum atomic E-state index is 4.95. The van der Waals surface area contributed by atoms with Gasteiger partial charge in [0.15, 0.2) is 11.8 Å². The first kappa shape index (κ1) is 18.5. The topological polar surface area (TPSA) is 58.3 Å². The van der Waals surface area contributed by atoms with Crippen molar-refractivity contribution in [2.45, 2.75) is 64.3 Å². The molecule has 1 aromatic heterocycles. The fraction of sp³-hybridized carbons (Fsp3) is 0.833. The van der Waals surface area contributed by atoms with Crippen LogP contribution in [0.1, 0.15) is 51.2 Å². The van der Waals surface area contributed by atoms with Crippen LogP contribution >= 0.6 is 11.8 Å². The van der Waals surface area contributed by atoms with Crippen molar-refractivity contribution in [2.24, 2.45) is 18.0 Å². The number of aromatic nitrogens is 3. The van der Waals surface area contributed by atoms with E-state index < -0.39 is 0 Å². The highest BCUT2D eigenvalue weighted by atomic mass is 32.2. The predicted octanol–water partition coefficient (Wildman–Crippen LogP) is 2.59. The monoisotopic (exact) mass is 364 g/mol. The summed E-state index contributed by atoms with van der Waals surface area (Å²) in [5, 5.41) is 12.8. The van der Waals surface area contributed by atoms with Gasteiger partial charge in [-0.3, -0.25) is 0 Å². The molecule has 1 saturated heterocycles. The molecule has 6 nitrogen and oxygen atoms in total. The number of thioether (sulfide) groups is 1. The third-order valence-electron chi connectivity index (χ3n) is 5.38. The van der Waals surface area contributed by atoms with Gasteiger partial charge in [-0.15, -0.1) is 10.2 Å². The summed E-state index contributed by atoms with van der Waals surface area (Å²) in [5.74, 6) is 4.80. The van der Waals surface area contributed by atoms with E-state index in [1.54, 1.807) is 0 Å². The molecule has 1 aliphatic heterocycles. The van der Waals surface area contributed by atoms with Crippen molar-refractivity contribution in [2.75, 3.05) is 18.8 Å². The molecule has 25 heavy (non-hydrogen) atoms. The van der Waals surface area contributed by atoms with Crippen molar-refractivity contribution >= 4 is 17.7 Å². The van der Waals surface area contributed by atoms with Crippen LogP contribution in [0.25, 0.3) is 0 Å². The molecule has 0 bridgehead atoms. The van der Waals surface area contributed by atoms with Crippen LogP contribution in [0.3, 0.4) is 0 Å². The van der Waals surface area contributed by atoms with Gasteiger partial charge in [0.2, 0.25) is 0 Å². The normalized spacial score (nSPS) is 22.8. The van der Waals surface area contributed by atoms with Crippen LogP contribution in [0.5, 0.6) is 0 Å². The lowest BCUT2D eigenvalue weighted by Gasteiger charge is -2.37. The van der Waals surface area contributed by atoms with E-state index in [0.29, 0.717) is 23.8 Å². The fourth-order valence-corrected chi connectivity index (χ4v) is 4.79. The van der Waals surface area contributed by atoms with Crippen LogP contribution in [-0.4, -0.2) is 55.8 Å². The van der Waals surface area contributed by atoms with Crippen molar-refractivity contribution in [1.29, 1.82) is 0 Å². The SMILES string of the molecule is Cc1nnc(CN=C(NC2CCCC2)N2CCSC(C(C)C)C2)n1C. The summed E-state index contributed by atoms with van der Waals surface area (Å²) >= 11 is 2.10. The number of aryl methyl sites for hydroxylation is 1. The molecule has 2 heterocycles. The molecule has 1 atom stereocenters. The summed E-state index contributed by atoms with van der Waals surface area (Å²) in [5.41, 5.74) is 0. The van der Waals surface area contributed by atoms with Gasteiger partial charge >= 0.3 is 0 Å². The molecule has 0 amide bonds. The highest BCUT2D eigenvalue weighted by Gasteiger charge is 2.27. The number of aliphatic imine (C=N–C) groups is 1. The van der Waals surface area contributed by atoms with Gasteiger partial charge in [0.05, 0.1) is 0 Å². The molecular formula is C18H32N6S. The Morgan fingerprint density at radius 3 is 2.72 bits per heavy atom. The number of nitrogens with zero attached hydrogens (tertiary/aromatic N) is 5. The van der Waals surface area contributed by atoms with Gasteiger partial charge in [-0.05, 0) is 25.7 Å². The molecular weight excluding hydrogens is 332 g/mol. The Kier molecular flexibility index (Phi) is 6.25. The van der Waals surface area contributed by atoms with Crippen LogP contribution < -0.4 is 5.32 Å². The van der Waals surface area contributed by atoms with Crippen LogP contribution in [0, 0.1) is 12.8 Å². The number of hydrogen-bond donors (Lipinski definition) is 1. The Balaban J connectivity index is 1.73. The Morgan fingerprint density at radius 1 is 1.32 bits per heavy atom. The van der Waals surface area contributed by atoms with Gasteiger partial charge in [0.1, 0.15) is 12.4 Å². The minimum absolute atomic E-state index is 0.576. The molecule has 7 heteroatoms. The minimum atomic E-state index is 0.576. The van der Waals surface area contributed by atoms with E-state index in [1.165, 1.54) is 31.4 Å². The van der Waals surface area contributed by atoms with Crippen LogP contribution in [-0.2, 0) is 13.6 Å². The minimum Gasteiger partial charge on any atom is -0.353 e. The number of rotatable bonds is 4. The van der Waals surface area contributed by atoms with Crippen LogP contribution in [0.15, 0.2) is 4.99 Å². The van der Waals surface area contributed by atoms with E-state index in [1.807, 2.05) is 18.5 Å². The van der Waals surface area contributed by atoms with Gasteiger partial charge in [-0.1, -0.05) is 26.7 Å². The van der Waals surface area contributed by atoms with E-state index in [2.05, 4.69) is 46.0 Å². The second kappa shape index (κ2) is 8.43. The molecule has 2 aliphatic rings. The molecule has 1 saturated carbocycles. The van der Waals surface area contributed by atoms with Gasteiger partial charge in [-0.25, -0.2) is 4.99 Å². The molecule has 1 aromatic rings. The Bertz CT molecular complexity index is 590. The molecule has 1 N–H and O–H groups in total. The Hall–Kier alpha value is -1.24. The third kappa shape index (κ3) is 4.68. The van der Waals surface area contributed by atoms with E-state index in [-0.39, 0.29) is 0 Å². The quantitative estimate of drug-likeness (QED) is 0.657. The zero-order valence-corrected chi connectivity index (χ0v) is 16.8. The number of guanidine groups is 1. The first-order valence-electron chi connectivity index (χ1n) is 9.57. The van der Waals surface area contributed by atoms with Crippen molar-refractivity contribution in [3.8, 4) is 0 Å². The molecule has 140 valence electrons. The van der Waals surface area contributed by atoms with Gasteiger partial charge < -0.3 is 14.8 Å². The summed E-state index contributed by atoms with van der Waals surface area (Å²) in [6.07, 6.45) is 5.19. The second-order valence-corrected chi connectivity index (χ2v) is 8.93. The van der Waals surface area contributed by atoms with Crippen molar-refractivity contribution < 1.29 is 0 Å². The first-order chi connectivity index (χ1) is 12.0. The smallest absolute Gasteiger partial charge is 0.194 e. The second-order valence-electron chi connectivity index (χ2n) is 7.59. The summed E-state index contributed by atoms with van der Waals surface area (Å²) < 4.78 is 2.03. The molecule has 1 aliphatic carbocycles. The average molecular weight is 365 g/mol. The molecule has 3 rings (SSSR count). The zero-order chi connectivity index (χ0) is 17.8. The zero-order valence-electron chi connectivity index (χ0n) is 16.0. The third-order valence-corrected chi connectivity index (χ3v) is 6.92. The Labute approximate surface area is 155 Å². The van der Waals surface area contributed by atoms with E-state index >= 15 is 0 Å². The van der Waals surface area contributed by atoms with E-state index in [4.69, 9.17) is 4.99 Å². The fourth-order valence-electron chi connectivity index (χ4n) is 3.50. The maximum absolute atomic E-state index is 4.95. The van der Waals surface area contributed by atoms with E-state index in [9.17, 15) is 0 Å². The van der Waals surface area contributed by atoms with Crippen molar-refractivity contribution in [3.63, 3.8) is 0 Å². The first-order valence-corrected chi connectivity index (χ1v) is 10.6. The Morgan fingerprint density at radius 2 is 2.08 bits per heavy atom. The summed E-state index contributed by atoms with van der Waals surface area (Å²) in [4.78, 5) is 7.41. The van der Waals surface area contributed by atoms with Crippen molar-refractivity contribution in [1.82, 2.24) is 25.0 Å².